The van der Waals surface area contributed by atoms with Gasteiger partial charge in [-0.2, -0.15) is 0 Å². The molecule has 0 saturated heterocycles. The first-order valence-corrected chi connectivity index (χ1v) is 7.19. The second kappa shape index (κ2) is 7.90. The molecule has 2 unspecified atom stereocenters. The van der Waals surface area contributed by atoms with E-state index in [1.807, 2.05) is 18.2 Å². The first-order chi connectivity index (χ1) is 9.45. The summed E-state index contributed by atoms with van der Waals surface area (Å²) in [5.74, 6) is 0.912. The van der Waals surface area contributed by atoms with Crippen molar-refractivity contribution in [2.75, 3.05) is 7.05 Å². The zero-order chi connectivity index (χ0) is 15.1. The summed E-state index contributed by atoms with van der Waals surface area (Å²) < 4.78 is 0. The molecule has 0 bridgehead atoms. The van der Waals surface area contributed by atoms with Gasteiger partial charge in [-0.15, -0.1) is 0 Å². The highest BCUT2D eigenvalue weighted by Gasteiger charge is 2.23. The predicted octanol–water partition coefficient (Wildman–Crippen LogP) is 3.23. The Morgan fingerprint density at radius 2 is 1.85 bits per heavy atom. The minimum atomic E-state index is 0.126. The van der Waals surface area contributed by atoms with Gasteiger partial charge in [0.05, 0.1) is 0 Å². The molecule has 1 aromatic carbocycles. The number of nitrogens with zero attached hydrogens (tertiary/aromatic N) is 2. The molecule has 4 nitrogen and oxygen atoms in total. The van der Waals surface area contributed by atoms with E-state index >= 15 is 0 Å². The van der Waals surface area contributed by atoms with Gasteiger partial charge in [-0.3, -0.25) is 4.90 Å². The Morgan fingerprint density at radius 1 is 1.25 bits per heavy atom. The largest absolute Gasteiger partial charge is 0.409 e. The van der Waals surface area contributed by atoms with Crippen molar-refractivity contribution in [1.82, 2.24) is 4.90 Å². The first kappa shape index (κ1) is 16.5. The highest BCUT2D eigenvalue weighted by Crippen LogP contribution is 2.26. The van der Waals surface area contributed by atoms with Crippen LogP contribution in [0.2, 0.25) is 0 Å². The predicted molar refractivity (Wildman–Crippen MR) is 83.9 cm³/mol. The maximum Gasteiger partial charge on any atom is 0.141 e. The van der Waals surface area contributed by atoms with Gasteiger partial charge in [0.15, 0.2) is 0 Å². The smallest absolute Gasteiger partial charge is 0.141 e. The van der Waals surface area contributed by atoms with Crippen molar-refractivity contribution in [3.63, 3.8) is 0 Å². The van der Waals surface area contributed by atoms with Crippen LogP contribution in [0.3, 0.4) is 0 Å². The van der Waals surface area contributed by atoms with Crippen molar-refractivity contribution >= 4 is 5.84 Å². The number of oxime groups is 1. The van der Waals surface area contributed by atoms with Crippen LogP contribution in [0.15, 0.2) is 35.5 Å². The van der Waals surface area contributed by atoms with E-state index in [9.17, 15) is 0 Å². The fourth-order valence-corrected chi connectivity index (χ4v) is 2.57. The van der Waals surface area contributed by atoms with Crippen molar-refractivity contribution in [2.45, 2.75) is 45.7 Å². The van der Waals surface area contributed by atoms with Crippen LogP contribution in [-0.2, 0) is 0 Å². The molecule has 2 atom stereocenters. The normalized spacial score (nSPS) is 15.6. The van der Waals surface area contributed by atoms with Crippen LogP contribution >= 0.6 is 0 Å². The second-order valence-corrected chi connectivity index (χ2v) is 5.87. The Labute approximate surface area is 122 Å². The Bertz CT molecular complexity index is 417. The first-order valence-electron chi connectivity index (χ1n) is 7.19. The molecule has 0 fully saturated rings. The molecule has 1 aromatic rings. The molecule has 0 aliphatic heterocycles. The summed E-state index contributed by atoms with van der Waals surface area (Å²) in [7, 11) is 2.11. The lowest BCUT2D eigenvalue weighted by molar-refractivity contribution is 0.167. The summed E-state index contributed by atoms with van der Waals surface area (Å²) in [5.41, 5.74) is 6.92. The van der Waals surface area contributed by atoms with E-state index in [1.54, 1.807) is 0 Å². The average molecular weight is 277 g/mol. The van der Waals surface area contributed by atoms with Gasteiger partial charge in [0.1, 0.15) is 5.84 Å². The number of hydrogen-bond donors (Lipinski definition) is 2. The van der Waals surface area contributed by atoms with Crippen LogP contribution < -0.4 is 5.73 Å². The van der Waals surface area contributed by atoms with Gasteiger partial charge in [-0.25, -0.2) is 0 Å². The molecule has 0 aromatic heterocycles. The van der Waals surface area contributed by atoms with E-state index in [4.69, 9.17) is 10.9 Å². The topological polar surface area (TPSA) is 61.8 Å². The molecular formula is C16H27N3O. The molecule has 0 heterocycles. The lowest BCUT2D eigenvalue weighted by atomic mass is 9.97. The second-order valence-electron chi connectivity index (χ2n) is 5.87. The molecule has 3 N–H and O–H groups in total. The van der Waals surface area contributed by atoms with Crippen molar-refractivity contribution in [2.24, 2.45) is 16.8 Å². The van der Waals surface area contributed by atoms with Crippen LogP contribution in [-0.4, -0.2) is 29.0 Å². The van der Waals surface area contributed by atoms with Gasteiger partial charge in [-0.1, -0.05) is 49.3 Å². The van der Waals surface area contributed by atoms with Gasteiger partial charge < -0.3 is 10.9 Å². The van der Waals surface area contributed by atoms with Gasteiger partial charge in [0, 0.05) is 18.5 Å². The molecule has 112 valence electrons. The third-order valence-electron chi connectivity index (χ3n) is 3.71. The fraction of sp³-hybridized carbons (Fsp3) is 0.562. The van der Waals surface area contributed by atoms with Gasteiger partial charge >= 0.3 is 0 Å². The molecular weight excluding hydrogens is 250 g/mol. The van der Waals surface area contributed by atoms with E-state index in [0.717, 1.165) is 6.42 Å². The monoisotopic (exact) mass is 277 g/mol. The van der Waals surface area contributed by atoms with Gasteiger partial charge in [0.2, 0.25) is 0 Å². The van der Waals surface area contributed by atoms with Crippen molar-refractivity contribution < 1.29 is 5.21 Å². The van der Waals surface area contributed by atoms with E-state index in [2.05, 4.69) is 50.0 Å². The molecule has 0 saturated carbocycles. The van der Waals surface area contributed by atoms with Gasteiger partial charge in [0.25, 0.3) is 0 Å². The standard InChI is InChI=1S/C16H27N3O/c1-12(2)10-13(3)19(4)15(11-16(17)18-20)14-8-6-5-7-9-14/h5-9,12-13,15,20H,10-11H2,1-4H3,(H2,17,18). The summed E-state index contributed by atoms with van der Waals surface area (Å²) in [4.78, 5) is 2.31. The van der Waals surface area contributed by atoms with Crippen LogP contribution in [0.4, 0.5) is 0 Å². The van der Waals surface area contributed by atoms with E-state index in [0.29, 0.717) is 18.4 Å². The summed E-state index contributed by atoms with van der Waals surface area (Å²) in [6.07, 6.45) is 1.65. The molecule has 0 radical (unpaired) electrons. The molecule has 0 aliphatic carbocycles. The zero-order valence-electron chi connectivity index (χ0n) is 13.0. The van der Waals surface area contributed by atoms with Crippen LogP contribution in [0.25, 0.3) is 0 Å². The summed E-state index contributed by atoms with van der Waals surface area (Å²) in [6, 6.07) is 10.8. The molecule has 1 rings (SSSR count). The highest BCUT2D eigenvalue weighted by atomic mass is 16.4. The SMILES string of the molecule is CC(C)CC(C)N(C)C(CC(N)=NO)c1ccccc1. The van der Waals surface area contributed by atoms with Crippen LogP contribution in [0, 0.1) is 5.92 Å². The van der Waals surface area contributed by atoms with Crippen molar-refractivity contribution in [3.8, 4) is 0 Å². The number of rotatable bonds is 7. The maximum atomic E-state index is 8.84. The number of benzene rings is 1. The quantitative estimate of drug-likeness (QED) is 0.348. The summed E-state index contributed by atoms with van der Waals surface area (Å²) in [5, 5.41) is 12.0. The Balaban J connectivity index is 2.92. The maximum absolute atomic E-state index is 8.84. The fourth-order valence-electron chi connectivity index (χ4n) is 2.57. The summed E-state index contributed by atoms with van der Waals surface area (Å²) in [6.45, 7) is 6.68. The minimum absolute atomic E-state index is 0.126. The Hall–Kier alpha value is -1.55. The molecule has 0 spiro atoms. The third-order valence-corrected chi connectivity index (χ3v) is 3.71. The van der Waals surface area contributed by atoms with Gasteiger partial charge in [-0.05, 0) is 31.9 Å². The lowest BCUT2D eigenvalue weighted by Gasteiger charge is -2.34. The summed E-state index contributed by atoms with van der Waals surface area (Å²) >= 11 is 0. The lowest BCUT2D eigenvalue weighted by Crippen LogP contribution is -2.36. The van der Waals surface area contributed by atoms with E-state index in [1.165, 1.54) is 5.56 Å². The highest BCUT2D eigenvalue weighted by molar-refractivity contribution is 5.80. The molecule has 4 heteroatoms. The van der Waals surface area contributed by atoms with Crippen LogP contribution in [0.5, 0.6) is 0 Å². The Kier molecular flexibility index (Phi) is 6.52. The average Bonchev–Trinajstić information content (AvgIpc) is 2.43. The minimum Gasteiger partial charge on any atom is -0.409 e. The Morgan fingerprint density at radius 3 is 2.35 bits per heavy atom. The molecule has 0 amide bonds. The van der Waals surface area contributed by atoms with Crippen molar-refractivity contribution in [3.05, 3.63) is 35.9 Å². The number of amidine groups is 1. The molecule has 0 aliphatic rings. The van der Waals surface area contributed by atoms with Crippen LogP contribution in [0.1, 0.15) is 45.2 Å². The molecule has 20 heavy (non-hydrogen) atoms. The number of hydrogen-bond acceptors (Lipinski definition) is 3. The third kappa shape index (κ3) is 4.85. The van der Waals surface area contributed by atoms with E-state index < -0.39 is 0 Å². The zero-order valence-corrected chi connectivity index (χ0v) is 13.0. The van der Waals surface area contributed by atoms with Crippen molar-refractivity contribution in [1.29, 1.82) is 0 Å². The number of nitrogens with two attached hydrogens (primary N) is 1. The van der Waals surface area contributed by atoms with E-state index in [-0.39, 0.29) is 11.9 Å².